The fraction of sp³-hybridized carbons (Fsp3) is 0.704. The first-order chi connectivity index (χ1) is 13.8. The lowest BCUT2D eigenvalue weighted by atomic mass is 9.69. The molecule has 154 valence electrons. The molecule has 0 N–H and O–H groups in total. The maximum absolute atomic E-state index is 5.79. The van der Waals surface area contributed by atoms with Crippen molar-refractivity contribution in [3.8, 4) is 17.6 Å². The molecule has 0 radical (unpaired) electrons. The summed E-state index contributed by atoms with van der Waals surface area (Å²) in [4.78, 5) is 0. The smallest absolute Gasteiger partial charge is 0.119 e. The van der Waals surface area contributed by atoms with Crippen molar-refractivity contribution in [2.24, 2.45) is 23.7 Å². The van der Waals surface area contributed by atoms with Gasteiger partial charge in [-0.3, -0.25) is 0 Å². The molecule has 0 aromatic heterocycles. The lowest BCUT2D eigenvalue weighted by Gasteiger charge is -2.36. The van der Waals surface area contributed by atoms with Crippen LogP contribution in [0.3, 0.4) is 0 Å². The van der Waals surface area contributed by atoms with Crippen molar-refractivity contribution in [1.82, 2.24) is 0 Å². The topological polar surface area (TPSA) is 9.23 Å². The second kappa shape index (κ2) is 11.5. The van der Waals surface area contributed by atoms with Crippen LogP contribution < -0.4 is 4.74 Å². The Balaban J connectivity index is 1.40. The van der Waals surface area contributed by atoms with E-state index in [2.05, 4.69) is 50.0 Å². The van der Waals surface area contributed by atoms with Gasteiger partial charge in [0.05, 0.1) is 6.61 Å². The minimum atomic E-state index is 0.605. The van der Waals surface area contributed by atoms with E-state index in [1.165, 1.54) is 70.6 Å². The van der Waals surface area contributed by atoms with Crippen LogP contribution >= 0.6 is 0 Å². The first-order valence-corrected chi connectivity index (χ1v) is 12.0. The molecular formula is C27H40O. The lowest BCUT2D eigenvalue weighted by molar-refractivity contribution is 0.156. The van der Waals surface area contributed by atoms with Gasteiger partial charge >= 0.3 is 0 Å². The molecule has 28 heavy (non-hydrogen) atoms. The zero-order valence-electron chi connectivity index (χ0n) is 18.2. The van der Waals surface area contributed by atoms with E-state index in [1.54, 1.807) is 0 Å². The highest BCUT2D eigenvalue weighted by Crippen LogP contribution is 2.41. The summed E-state index contributed by atoms with van der Waals surface area (Å²) in [5, 5.41) is 0. The molecular weight excluding hydrogens is 340 g/mol. The third-order valence-electron chi connectivity index (χ3n) is 7.20. The highest BCUT2D eigenvalue weighted by Gasteiger charge is 2.29. The van der Waals surface area contributed by atoms with Crippen LogP contribution in [-0.2, 0) is 0 Å². The van der Waals surface area contributed by atoms with Crippen LogP contribution in [0.2, 0.25) is 0 Å². The van der Waals surface area contributed by atoms with Crippen molar-refractivity contribution in [3.63, 3.8) is 0 Å². The van der Waals surface area contributed by atoms with Gasteiger partial charge in [-0.05, 0) is 87.0 Å². The molecule has 2 saturated carbocycles. The summed E-state index contributed by atoms with van der Waals surface area (Å²) in [6.45, 7) is 5.41. The largest absolute Gasteiger partial charge is 0.494 e. The molecule has 2 aliphatic carbocycles. The van der Waals surface area contributed by atoms with E-state index in [-0.39, 0.29) is 0 Å². The Morgan fingerprint density at radius 1 is 0.821 bits per heavy atom. The fourth-order valence-electron chi connectivity index (χ4n) is 5.16. The second-order valence-electron chi connectivity index (χ2n) is 9.15. The van der Waals surface area contributed by atoms with E-state index in [1.807, 2.05) is 0 Å². The third-order valence-corrected chi connectivity index (χ3v) is 7.20. The fourth-order valence-corrected chi connectivity index (χ4v) is 5.16. The van der Waals surface area contributed by atoms with Crippen LogP contribution in [-0.4, -0.2) is 6.61 Å². The highest BCUT2D eigenvalue weighted by molar-refractivity contribution is 5.38. The zero-order valence-corrected chi connectivity index (χ0v) is 18.2. The van der Waals surface area contributed by atoms with Crippen molar-refractivity contribution in [2.75, 3.05) is 6.61 Å². The Bertz CT molecular complexity index is 604. The maximum Gasteiger partial charge on any atom is 0.119 e. The summed E-state index contributed by atoms with van der Waals surface area (Å²) >= 11 is 0. The van der Waals surface area contributed by atoms with E-state index in [4.69, 9.17) is 4.74 Å². The monoisotopic (exact) mass is 380 g/mol. The van der Waals surface area contributed by atoms with Crippen molar-refractivity contribution in [2.45, 2.75) is 90.9 Å². The van der Waals surface area contributed by atoms with Crippen LogP contribution in [0.1, 0.15) is 96.5 Å². The predicted octanol–water partition coefficient (Wildman–Crippen LogP) is 7.63. The summed E-state index contributed by atoms with van der Waals surface area (Å²) in [6, 6.07) is 8.36. The first-order valence-electron chi connectivity index (χ1n) is 12.0. The average Bonchev–Trinajstić information content (AvgIpc) is 2.76. The van der Waals surface area contributed by atoms with Gasteiger partial charge in [-0.25, -0.2) is 0 Å². The average molecular weight is 381 g/mol. The standard InChI is InChI=1S/C27H40O/c1-3-5-6-21-28-27-19-13-24(14-20-27)8-7-23-11-17-26(18-12-23)25-15-9-22(4-2)10-16-25/h13-14,19-20,22-23,25-26H,3-6,9-12,15-18,21H2,1-2H3. The normalized spacial score (nSPS) is 27.6. The van der Waals surface area contributed by atoms with Gasteiger partial charge in [0, 0.05) is 11.5 Å². The number of rotatable bonds is 7. The Labute approximate surface area is 173 Å². The lowest BCUT2D eigenvalue weighted by Crippen LogP contribution is -2.25. The number of ether oxygens (including phenoxy) is 1. The predicted molar refractivity (Wildman–Crippen MR) is 120 cm³/mol. The molecule has 0 aliphatic heterocycles. The molecule has 0 spiro atoms. The molecule has 0 unspecified atom stereocenters. The van der Waals surface area contributed by atoms with E-state index in [0.717, 1.165) is 42.1 Å². The highest BCUT2D eigenvalue weighted by atomic mass is 16.5. The summed E-state index contributed by atoms with van der Waals surface area (Å²) in [5.74, 6) is 11.6. The molecule has 1 nitrogen and oxygen atoms in total. The molecule has 3 rings (SSSR count). The van der Waals surface area contributed by atoms with Crippen LogP contribution in [0.25, 0.3) is 0 Å². The molecule has 1 heteroatoms. The van der Waals surface area contributed by atoms with Gasteiger partial charge in [-0.15, -0.1) is 0 Å². The summed E-state index contributed by atoms with van der Waals surface area (Å²) in [5.41, 5.74) is 1.13. The Hall–Kier alpha value is -1.42. The minimum absolute atomic E-state index is 0.605. The van der Waals surface area contributed by atoms with Crippen LogP contribution in [0.5, 0.6) is 5.75 Å². The van der Waals surface area contributed by atoms with E-state index >= 15 is 0 Å². The van der Waals surface area contributed by atoms with E-state index < -0.39 is 0 Å². The summed E-state index contributed by atoms with van der Waals surface area (Å²) < 4.78 is 5.79. The van der Waals surface area contributed by atoms with Crippen molar-refractivity contribution in [3.05, 3.63) is 29.8 Å². The SMILES string of the molecule is CCCCCOc1ccc(C#CC2CCC(C3CCC(CC)CC3)CC2)cc1. The van der Waals surface area contributed by atoms with Gasteiger partial charge in [-0.2, -0.15) is 0 Å². The molecule has 0 bridgehead atoms. The van der Waals surface area contributed by atoms with Gasteiger partial charge in [-0.1, -0.05) is 57.8 Å². The van der Waals surface area contributed by atoms with Gasteiger partial charge in [0.15, 0.2) is 0 Å². The maximum atomic E-state index is 5.79. The quantitative estimate of drug-likeness (QED) is 0.349. The number of benzene rings is 1. The van der Waals surface area contributed by atoms with Gasteiger partial charge in [0.1, 0.15) is 5.75 Å². The van der Waals surface area contributed by atoms with Crippen LogP contribution in [0, 0.1) is 35.5 Å². The van der Waals surface area contributed by atoms with E-state index in [9.17, 15) is 0 Å². The molecule has 0 amide bonds. The molecule has 2 fully saturated rings. The molecule has 0 saturated heterocycles. The van der Waals surface area contributed by atoms with Gasteiger partial charge in [0.2, 0.25) is 0 Å². The number of unbranched alkanes of at least 4 members (excludes halogenated alkanes) is 2. The van der Waals surface area contributed by atoms with Crippen molar-refractivity contribution >= 4 is 0 Å². The second-order valence-corrected chi connectivity index (χ2v) is 9.15. The first kappa shape index (κ1) is 21.3. The summed E-state index contributed by atoms with van der Waals surface area (Å²) in [6.07, 6.45) is 16.4. The minimum Gasteiger partial charge on any atom is -0.494 e. The Morgan fingerprint density at radius 2 is 1.46 bits per heavy atom. The van der Waals surface area contributed by atoms with Gasteiger partial charge in [0.25, 0.3) is 0 Å². The van der Waals surface area contributed by atoms with Crippen molar-refractivity contribution < 1.29 is 4.74 Å². The molecule has 0 atom stereocenters. The van der Waals surface area contributed by atoms with Crippen molar-refractivity contribution in [1.29, 1.82) is 0 Å². The molecule has 1 aromatic rings. The zero-order chi connectivity index (χ0) is 19.6. The Morgan fingerprint density at radius 3 is 2.07 bits per heavy atom. The third kappa shape index (κ3) is 6.58. The Kier molecular flexibility index (Phi) is 8.78. The number of hydrogen-bond donors (Lipinski definition) is 0. The molecule has 2 aliphatic rings. The molecule has 1 aromatic carbocycles. The van der Waals surface area contributed by atoms with Gasteiger partial charge < -0.3 is 4.74 Å². The molecule has 0 heterocycles. The van der Waals surface area contributed by atoms with Crippen LogP contribution in [0.4, 0.5) is 0 Å². The summed E-state index contributed by atoms with van der Waals surface area (Å²) in [7, 11) is 0. The number of hydrogen-bond acceptors (Lipinski definition) is 1. The van der Waals surface area contributed by atoms with E-state index in [0.29, 0.717) is 5.92 Å². The van der Waals surface area contributed by atoms with Crippen LogP contribution in [0.15, 0.2) is 24.3 Å².